The van der Waals surface area contributed by atoms with Crippen LogP contribution in [0.3, 0.4) is 0 Å². The third kappa shape index (κ3) is 14.7. The van der Waals surface area contributed by atoms with Gasteiger partial charge in [-0.05, 0) is 62.2 Å². The minimum absolute atomic E-state index is 0.547. The van der Waals surface area contributed by atoms with Crippen LogP contribution in [0.1, 0.15) is 170 Å². The first-order valence-electron chi connectivity index (χ1n) is 14.6. The van der Waals surface area contributed by atoms with E-state index in [1.165, 1.54) is 128 Å². The Balaban J connectivity index is 4.86. The lowest BCUT2D eigenvalue weighted by Crippen LogP contribution is -2.26. The minimum atomic E-state index is 0.547. The Bertz CT molecular complexity index is 284. The highest BCUT2D eigenvalue weighted by atomic mass is 16.5. The summed E-state index contributed by atoms with van der Waals surface area (Å²) in [5, 5.41) is 0. The van der Waals surface area contributed by atoms with Gasteiger partial charge in [-0.3, -0.25) is 0 Å². The molecule has 0 saturated heterocycles. The molecule has 0 aromatic heterocycles. The van der Waals surface area contributed by atoms with E-state index in [0.29, 0.717) is 10.8 Å². The van der Waals surface area contributed by atoms with Crippen LogP contribution in [0.4, 0.5) is 0 Å². The van der Waals surface area contributed by atoms with Crippen LogP contribution in [-0.2, 0) is 4.74 Å². The maximum absolute atomic E-state index is 6.42. The van der Waals surface area contributed by atoms with Gasteiger partial charge in [-0.2, -0.15) is 0 Å². The van der Waals surface area contributed by atoms with Crippen LogP contribution in [0.25, 0.3) is 0 Å². The fourth-order valence-electron chi connectivity index (χ4n) is 5.49. The predicted octanol–water partition coefficient (Wildman–Crippen LogP) is 10.9. The first kappa shape index (κ1) is 31.0. The van der Waals surface area contributed by atoms with Gasteiger partial charge in [0.2, 0.25) is 0 Å². The Morgan fingerprint density at radius 1 is 0.355 bits per heavy atom. The van der Waals surface area contributed by atoms with Crippen LogP contribution in [0.2, 0.25) is 0 Å². The summed E-state index contributed by atoms with van der Waals surface area (Å²) < 4.78 is 6.42. The van der Waals surface area contributed by atoms with E-state index in [2.05, 4.69) is 41.5 Å². The molecule has 0 aliphatic carbocycles. The predicted molar refractivity (Wildman–Crippen MR) is 142 cm³/mol. The molecule has 0 radical (unpaired) electrons. The van der Waals surface area contributed by atoms with Crippen molar-refractivity contribution in [3.63, 3.8) is 0 Å². The lowest BCUT2D eigenvalue weighted by molar-refractivity contribution is 0.0471. The monoisotopic (exact) mass is 438 g/mol. The third-order valence-corrected chi connectivity index (χ3v) is 7.92. The van der Waals surface area contributed by atoms with E-state index in [0.717, 1.165) is 13.2 Å². The molecule has 0 aliphatic rings. The molecule has 31 heavy (non-hydrogen) atoms. The van der Waals surface area contributed by atoms with E-state index in [1.54, 1.807) is 0 Å². The van der Waals surface area contributed by atoms with Crippen molar-refractivity contribution >= 4 is 0 Å². The van der Waals surface area contributed by atoms with Gasteiger partial charge in [0.15, 0.2) is 0 Å². The summed E-state index contributed by atoms with van der Waals surface area (Å²) in [7, 11) is 0. The summed E-state index contributed by atoms with van der Waals surface area (Å²) in [5.41, 5.74) is 1.09. The zero-order valence-electron chi connectivity index (χ0n) is 23.0. The average Bonchev–Trinajstić information content (AvgIpc) is 2.80. The quantitative estimate of drug-likeness (QED) is 0.136. The SMILES string of the molecule is CCCCC(CCCC)(CCCC)CCOCCC(CCCC)(CCCC)CCCC. The van der Waals surface area contributed by atoms with E-state index < -0.39 is 0 Å². The highest BCUT2D eigenvalue weighted by molar-refractivity contribution is 4.81. The lowest BCUT2D eigenvalue weighted by atomic mass is 9.72. The van der Waals surface area contributed by atoms with Crippen molar-refractivity contribution in [1.82, 2.24) is 0 Å². The Kier molecular flexibility index (Phi) is 20.5. The largest absolute Gasteiger partial charge is 0.381 e. The van der Waals surface area contributed by atoms with Crippen LogP contribution in [-0.4, -0.2) is 13.2 Å². The van der Waals surface area contributed by atoms with Gasteiger partial charge in [-0.15, -0.1) is 0 Å². The summed E-state index contributed by atoms with van der Waals surface area (Å²) in [6.07, 6.45) is 27.4. The molecule has 0 aromatic carbocycles. The number of unbranched alkanes of at least 4 members (excludes halogenated alkanes) is 6. The highest BCUT2D eigenvalue weighted by Gasteiger charge is 2.30. The van der Waals surface area contributed by atoms with Gasteiger partial charge in [0.25, 0.3) is 0 Å². The Hall–Kier alpha value is -0.0400. The second kappa shape index (κ2) is 20.6. The van der Waals surface area contributed by atoms with Gasteiger partial charge < -0.3 is 4.74 Å². The molecule has 0 heterocycles. The van der Waals surface area contributed by atoms with Gasteiger partial charge in [0, 0.05) is 13.2 Å². The molecule has 0 N–H and O–H groups in total. The zero-order valence-corrected chi connectivity index (χ0v) is 23.0. The summed E-state index contributed by atoms with van der Waals surface area (Å²) in [5.74, 6) is 0. The molecular weight excluding hydrogens is 376 g/mol. The summed E-state index contributed by atoms with van der Waals surface area (Å²) in [4.78, 5) is 0. The molecule has 0 aromatic rings. The zero-order chi connectivity index (χ0) is 23.3. The lowest BCUT2D eigenvalue weighted by Gasteiger charge is -2.36. The second-order valence-electron chi connectivity index (χ2n) is 10.7. The molecule has 0 unspecified atom stereocenters. The highest BCUT2D eigenvalue weighted by Crippen LogP contribution is 2.41. The molecule has 0 aliphatic heterocycles. The van der Waals surface area contributed by atoms with Crippen LogP contribution in [0, 0.1) is 10.8 Å². The van der Waals surface area contributed by atoms with E-state index in [4.69, 9.17) is 4.74 Å². The average molecular weight is 439 g/mol. The van der Waals surface area contributed by atoms with Crippen molar-refractivity contribution in [1.29, 1.82) is 0 Å². The van der Waals surface area contributed by atoms with Crippen molar-refractivity contribution in [2.24, 2.45) is 10.8 Å². The van der Waals surface area contributed by atoms with Gasteiger partial charge in [-0.25, -0.2) is 0 Å². The summed E-state index contributed by atoms with van der Waals surface area (Å²) in [6, 6.07) is 0. The Morgan fingerprint density at radius 2 is 0.581 bits per heavy atom. The van der Waals surface area contributed by atoms with E-state index in [-0.39, 0.29) is 0 Å². The van der Waals surface area contributed by atoms with Crippen LogP contribution >= 0.6 is 0 Å². The Morgan fingerprint density at radius 3 is 0.774 bits per heavy atom. The molecular formula is C30H62O. The van der Waals surface area contributed by atoms with Crippen molar-refractivity contribution in [2.45, 2.75) is 170 Å². The van der Waals surface area contributed by atoms with E-state index >= 15 is 0 Å². The molecule has 0 bridgehead atoms. The molecule has 0 spiro atoms. The first-order chi connectivity index (χ1) is 15.1. The van der Waals surface area contributed by atoms with Gasteiger partial charge in [-0.1, -0.05) is 119 Å². The molecule has 1 heteroatoms. The number of ether oxygens (including phenoxy) is 1. The molecule has 188 valence electrons. The van der Waals surface area contributed by atoms with Crippen LogP contribution < -0.4 is 0 Å². The maximum atomic E-state index is 6.42. The van der Waals surface area contributed by atoms with Crippen LogP contribution in [0.15, 0.2) is 0 Å². The fourth-order valence-corrected chi connectivity index (χ4v) is 5.49. The van der Waals surface area contributed by atoms with Crippen molar-refractivity contribution in [3.8, 4) is 0 Å². The maximum Gasteiger partial charge on any atom is 0.0471 e. The van der Waals surface area contributed by atoms with Gasteiger partial charge in [0.1, 0.15) is 0 Å². The smallest absolute Gasteiger partial charge is 0.0471 e. The van der Waals surface area contributed by atoms with Gasteiger partial charge in [0.05, 0.1) is 0 Å². The molecule has 0 amide bonds. The summed E-state index contributed by atoms with van der Waals surface area (Å²) >= 11 is 0. The molecule has 0 atom stereocenters. The number of rotatable bonds is 24. The summed E-state index contributed by atoms with van der Waals surface area (Å²) in [6.45, 7) is 16.1. The van der Waals surface area contributed by atoms with Crippen molar-refractivity contribution < 1.29 is 4.74 Å². The normalized spacial score (nSPS) is 12.6. The van der Waals surface area contributed by atoms with Crippen LogP contribution in [0.5, 0.6) is 0 Å². The minimum Gasteiger partial charge on any atom is -0.381 e. The fraction of sp³-hybridized carbons (Fsp3) is 1.00. The number of hydrogen-bond donors (Lipinski definition) is 0. The first-order valence-corrected chi connectivity index (χ1v) is 14.6. The topological polar surface area (TPSA) is 9.23 Å². The molecule has 0 saturated carbocycles. The standard InChI is InChI=1S/C30H62O/c1-7-13-19-29(20-14-8-2,21-15-9-3)25-27-31-28-26-30(22-16-10-4,23-17-11-5)24-18-12-6/h7-28H2,1-6H3. The van der Waals surface area contributed by atoms with E-state index in [9.17, 15) is 0 Å². The second-order valence-corrected chi connectivity index (χ2v) is 10.7. The Labute approximate surface area is 198 Å². The van der Waals surface area contributed by atoms with Crippen molar-refractivity contribution in [2.75, 3.05) is 13.2 Å². The van der Waals surface area contributed by atoms with E-state index in [1.807, 2.05) is 0 Å². The molecule has 1 nitrogen and oxygen atoms in total. The molecule has 0 fully saturated rings. The third-order valence-electron chi connectivity index (χ3n) is 7.92. The van der Waals surface area contributed by atoms with Gasteiger partial charge >= 0.3 is 0 Å². The van der Waals surface area contributed by atoms with Crippen molar-refractivity contribution in [3.05, 3.63) is 0 Å². The molecule has 0 rings (SSSR count). The number of hydrogen-bond acceptors (Lipinski definition) is 1.